The number of carbonyl (C=O) groups excluding carboxylic acids is 1. The molecule has 1 heterocycles. The second-order valence-electron chi connectivity index (χ2n) is 7.16. The lowest BCUT2D eigenvalue weighted by Crippen LogP contribution is -2.47. The van der Waals surface area contributed by atoms with Gasteiger partial charge < -0.3 is 16.0 Å². The number of halogens is 6. The zero-order valence-electron chi connectivity index (χ0n) is 16.3. The number of alkyl halides is 3. The van der Waals surface area contributed by atoms with Gasteiger partial charge in [0.25, 0.3) is 5.91 Å². The Kier molecular flexibility index (Phi) is 7.18. The molecule has 11 heteroatoms. The number of hydrogen-bond donors (Lipinski definition) is 2. The molecule has 2 aromatic carbocycles. The third-order valence-corrected chi connectivity index (χ3v) is 5.53. The Bertz CT molecular complexity index is 963. The van der Waals surface area contributed by atoms with Crippen molar-refractivity contribution in [3.63, 3.8) is 0 Å². The molecule has 0 saturated carbocycles. The SMILES string of the molecule is Nc1cc(F)c(C(=O)Nc2ccc(Cl)cc2N2CCN(CCC(F)(F)F)CC2)cc1Cl. The zero-order valence-corrected chi connectivity index (χ0v) is 17.8. The third-order valence-electron chi connectivity index (χ3n) is 4.96. The van der Waals surface area contributed by atoms with Crippen LogP contribution in [0.1, 0.15) is 16.8 Å². The second-order valence-corrected chi connectivity index (χ2v) is 8.01. The Morgan fingerprint density at radius 1 is 1.10 bits per heavy atom. The molecule has 31 heavy (non-hydrogen) atoms. The van der Waals surface area contributed by atoms with Crippen LogP contribution in [-0.2, 0) is 0 Å². The molecule has 0 spiro atoms. The smallest absolute Gasteiger partial charge is 0.390 e. The highest BCUT2D eigenvalue weighted by molar-refractivity contribution is 6.33. The Labute approximate surface area is 186 Å². The van der Waals surface area contributed by atoms with E-state index >= 15 is 0 Å². The van der Waals surface area contributed by atoms with Gasteiger partial charge in [-0.15, -0.1) is 0 Å². The van der Waals surface area contributed by atoms with Gasteiger partial charge >= 0.3 is 6.18 Å². The minimum atomic E-state index is -4.19. The predicted octanol–water partition coefficient (Wildman–Crippen LogP) is 5.04. The number of piperazine rings is 1. The summed E-state index contributed by atoms with van der Waals surface area (Å²) in [6.07, 6.45) is -5.05. The Morgan fingerprint density at radius 2 is 1.77 bits per heavy atom. The monoisotopic (exact) mass is 478 g/mol. The van der Waals surface area contributed by atoms with Gasteiger partial charge in [0.1, 0.15) is 5.82 Å². The van der Waals surface area contributed by atoms with Crippen LogP contribution in [0.2, 0.25) is 10.0 Å². The quantitative estimate of drug-likeness (QED) is 0.466. The van der Waals surface area contributed by atoms with Crippen LogP contribution < -0.4 is 16.0 Å². The highest BCUT2D eigenvalue weighted by Crippen LogP contribution is 2.32. The van der Waals surface area contributed by atoms with Crippen molar-refractivity contribution < 1.29 is 22.4 Å². The van der Waals surface area contributed by atoms with Gasteiger partial charge in [0.05, 0.1) is 34.1 Å². The molecular weight excluding hydrogens is 459 g/mol. The van der Waals surface area contributed by atoms with Gasteiger partial charge in [-0.1, -0.05) is 23.2 Å². The van der Waals surface area contributed by atoms with Crippen LogP contribution in [0.25, 0.3) is 0 Å². The van der Waals surface area contributed by atoms with Gasteiger partial charge in [0, 0.05) is 37.7 Å². The predicted molar refractivity (Wildman–Crippen MR) is 115 cm³/mol. The maximum Gasteiger partial charge on any atom is 0.390 e. The zero-order chi connectivity index (χ0) is 22.8. The van der Waals surface area contributed by atoms with Crippen LogP contribution in [0, 0.1) is 5.82 Å². The van der Waals surface area contributed by atoms with Gasteiger partial charge in [-0.05, 0) is 30.3 Å². The fourth-order valence-electron chi connectivity index (χ4n) is 3.30. The van der Waals surface area contributed by atoms with Crippen molar-refractivity contribution in [1.82, 2.24) is 4.90 Å². The second kappa shape index (κ2) is 9.50. The molecule has 0 aromatic heterocycles. The van der Waals surface area contributed by atoms with E-state index in [1.807, 2.05) is 4.90 Å². The van der Waals surface area contributed by atoms with Crippen LogP contribution in [0.3, 0.4) is 0 Å². The van der Waals surface area contributed by atoms with E-state index in [0.29, 0.717) is 42.6 Å². The summed E-state index contributed by atoms with van der Waals surface area (Å²) in [4.78, 5) is 16.3. The van der Waals surface area contributed by atoms with Gasteiger partial charge in [-0.2, -0.15) is 13.2 Å². The molecule has 1 aliphatic heterocycles. The lowest BCUT2D eigenvalue weighted by Gasteiger charge is -2.37. The summed E-state index contributed by atoms with van der Waals surface area (Å²) < 4.78 is 51.5. The molecule has 1 fully saturated rings. The van der Waals surface area contributed by atoms with Crippen molar-refractivity contribution in [2.75, 3.05) is 48.7 Å². The first kappa shape index (κ1) is 23.4. The number of anilines is 3. The number of carbonyl (C=O) groups is 1. The number of nitrogens with zero attached hydrogens (tertiary/aromatic N) is 2. The number of amides is 1. The van der Waals surface area contributed by atoms with E-state index in [1.54, 1.807) is 23.1 Å². The van der Waals surface area contributed by atoms with Crippen molar-refractivity contribution in [3.8, 4) is 0 Å². The van der Waals surface area contributed by atoms with Gasteiger partial charge in [0.2, 0.25) is 0 Å². The molecular formula is C20H20Cl2F4N4O. The molecule has 0 atom stereocenters. The average molecular weight is 479 g/mol. The highest BCUT2D eigenvalue weighted by atomic mass is 35.5. The van der Waals surface area contributed by atoms with E-state index in [2.05, 4.69) is 5.32 Å². The largest absolute Gasteiger partial charge is 0.397 e. The molecule has 1 amide bonds. The molecule has 0 radical (unpaired) electrons. The minimum Gasteiger partial charge on any atom is -0.397 e. The number of benzene rings is 2. The molecule has 3 N–H and O–H groups in total. The normalized spacial score (nSPS) is 15.2. The van der Waals surface area contributed by atoms with Crippen LogP contribution in [0.15, 0.2) is 30.3 Å². The Hall–Kier alpha value is -2.23. The average Bonchev–Trinajstić information content (AvgIpc) is 2.70. The number of nitrogens with one attached hydrogen (secondary N) is 1. The highest BCUT2D eigenvalue weighted by Gasteiger charge is 2.29. The van der Waals surface area contributed by atoms with Crippen LogP contribution >= 0.6 is 23.2 Å². The minimum absolute atomic E-state index is 0.0197. The van der Waals surface area contributed by atoms with E-state index in [-0.39, 0.29) is 22.8 Å². The topological polar surface area (TPSA) is 61.6 Å². The van der Waals surface area contributed by atoms with Crippen molar-refractivity contribution in [2.45, 2.75) is 12.6 Å². The summed E-state index contributed by atoms with van der Waals surface area (Å²) in [6.45, 7) is 1.69. The standard InChI is InChI=1S/C20H20Cl2F4N4O/c21-12-1-2-17(28-19(31)13-10-14(22)16(27)11-15(13)23)18(9-12)30-7-5-29(6-8-30)4-3-20(24,25)26/h1-2,9-11H,3-8,27H2,(H,28,31). The van der Waals surface area contributed by atoms with Crippen LogP contribution in [-0.4, -0.2) is 49.7 Å². The molecule has 3 rings (SSSR count). The van der Waals surface area contributed by atoms with E-state index in [1.165, 1.54) is 0 Å². The summed E-state index contributed by atoms with van der Waals surface area (Å²) in [6, 6.07) is 6.93. The first-order chi connectivity index (χ1) is 14.5. The molecule has 0 aliphatic carbocycles. The third kappa shape index (κ3) is 6.15. The number of nitrogens with two attached hydrogens (primary N) is 1. The Morgan fingerprint density at radius 3 is 2.42 bits per heavy atom. The maximum absolute atomic E-state index is 14.2. The van der Waals surface area contributed by atoms with Crippen molar-refractivity contribution in [1.29, 1.82) is 0 Å². The Balaban J connectivity index is 1.73. The molecule has 0 unspecified atom stereocenters. The molecule has 1 saturated heterocycles. The first-order valence-electron chi connectivity index (χ1n) is 9.43. The molecule has 1 aliphatic rings. The van der Waals surface area contributed by atoms with E-state index in [4.69, 9.17) is 28.9 Å². The summed E-state index contributed by atoms with van der Waals surface area (Å²) in [7, 11) is 0. The van der Waals surface area contributed by atoms with Crippen LogP contribution in [0.4, 0.5) is 34.6 Å². The van der Waals surface area contributed by atoms with Crippen molar-refractivity contribution in [3.05, 3.63) is 51.8 Å². The fourth-order valence-corrected chi connectivity index (χ4v) is 3.63. The number of hydrogen-bond acceptors (Lipinski definition) is 4. The number of nitrogen functional groups attached to an aromatic ring is 1. The van der Waals surface area contributed by atoms with E-state index in [0.717, 1.165) is 12.1 Å². The molecule has 0 bridgehead atoms. The molecule has 168 valence electrons. The summed E-state index contributed by atoms with van der Waals surface area (Å²) in [5.74, 6) is -1.53. The lowest BCUT2D eigenvalue weighted by atomic mass is 10.1. The van der Waals surface area contributed by atoms with E-state index in [9.17, 15) is 22.4 Å². The van der Waals surface area contributed by atoms with E-state index < -0.39 is 24.3 Å². The number of rotatable bonds is 5. The summed E-state index contributed by atoms with van der Waals surface area (Å²) in [5, 5.41) is 3.13. The molecule has 2 aromatic rings. The maximum atomic E-state index is 14.2. The van der Waals surface area contributed by atoms with Crippen LogP contribution in [0.5, 0.6) is 0 Å². The van der Waals surface area contributed by atoms with Gasteiger partial charge in [-0.25, -0.2) is 4.39 Å². The van der Waals surface area contributed by atoms with Gasteiger partial charge in [-0.3, -0.25) is 9.69 Å². The lowest BCUT2D eigenvalue weighted by molar-refractivity contribution is -0.138. The first-order valence-corrected chi connectivity index (χ1v) is 10.2. The fraction of sp³-hybridized carbons (Fsp3) is 0.350. The summed E-state index contributed by atoms with van der Waals surface area (Å²) >= 11 is 12.0. The van der Waals surface area contributed by atoms with Gasteiger partial charge in [0.15, 0.2) is 0 Å². The van der Waals surface area contributed by atoms with Crippen molar-refractivity contribution >= 4 is 46.2 Å². The molecule has 5 nitrogen and oxygen atoms in total. The summed E-state index contributed by atoms with van der Waals surface area (Å²) in [5.41, 5.74) is 6.29. The van der Waals surface area contributed by atoms with Crippen molar-refractivity contribution in [2.24, 2.45) is 0 Å².